The van der Waals surface area contributed by atoms with Gasteiger partial charge in [-0.2, -0.15) is 0 Å². The fraction of sp³-hybridized carbons (Fsp3) is 0.826. The number of carbonyl (C=O) groups excluding carboxylic acids is 2. The van der Waals surface area contributed by atoms with Crippen molar-refractivity contribution in [2.24, 2.45) is 23.7 Å². The molecule has 5 rings (SSSR count). The first-order valence-corrected chi connectivity index (χ1v) is 11.2. The van der Waals surface area contributed by atoms with Crippen LogP contribution in [0.25, 0.3) is 0 Å². The predicted molar refractivity (Wildman–Crippen MR) is 104 cm³/mol. The van der Waals surface area contributed by atoms with Crippen molar-refractivity contribution in [2.45, 2.75) is 95.4 Å². The Labute approximate surface area is 167 Å². The molecule has 154 valence electrons. The molecule has 2 heterocycles. The van der Waals surface area contributed by atoms with Crippen LogP contribution >= 0.6 is 0 Å². The lowest BCUT2D eigenvalue weighted by Gasteiger charge is -2.46. The molecule has 5 nitrogen and oxygen atoms in total. The first-order valence-electron chi connectivity index (χ1n) is 11.2. The minimum atomic E-state index is -0.853. The van der Waals surface area contributed by atoms with Crippen molar-refractivity contribution < 1.29 is 19.4 Å². The smallest absolute Gasteiger partial charge is 0.334 e. The second kappa shape index (κ2) is 6.07. The highest BCUT2D eigenvalue weighted by Gasteiger charge is 2.68. The topological polar surface area (TPSA) is 66.8 Å². The molecule has 0 aromatic rings. The summed E-state index contributed by atoms with van der Waals surface area (Å²) in [6.45, 7) is 5.92. The third-order valence-electron chi connectivity index (χ3n) is 8.88. The summed E-state index contributed by atoms with van der Waals surface area (Å²) in [5, 5.41) is 11.4. The van der Waals surface area contributed by atoms with E-state index >= 15 is 0 Å². The molecular formula is C23H33NO4. The van der Waals surface area contributed by atoms with E-state index in [1.807, 2.05) is 6.08 Å². The van der Waals surface area contributed by atoms with Gasteiger partial charge in [0.15, 0.2) is 0 Å². The molecule has 0 aromatic carbocycles. The first-order chi connectivity index (χ1) is 13.3. The molecule has 3 aliphatic carbocycles. The number of aliphatic hydroxyl groups is 1. The van der Waals surface area contributed by atoms with Crippen LogP contribution in [-0.4, -0.2) is 45.2 Å². The summed E-state index contributed by atoms with van der Waals surface area (Å²) in [7, 11) is 0. The summed E-state index contributed by atoms with van der Waals surface area (Å²) in [4.78, 5) is 27.4. The fourth-order valence-corrected chi connectivity index (χ4v) is 7.87. The van der Waals surface area contributed by atoms with Gasteiger partial charge in [-0.3, -0.25) is 4.79 Å². The highest BCUT2D eigenvalue weighted by Crippen LogP contribution is 2.64. The highest BCUT2D eigenvalue weighted by molar-refractivity contribution is 5.93. The number of fused-ring (bicyclic) bond motifs is 2. The van der Waals surface area contributed by atoms with Crippen molar-refractivity contribution in [1.29, 1.82) is 0 Å². The van der Waals surface area contributed by atoms with Crippen LogP contribution in [0.4, 0.5) is 0 Å². The van der Waals surface area contributed by atoms with Crippen molar-refractivity contribution in [2.75, 3.05) is 0 Å². The Bertz CT molecular complexity index is 747. The van der Waals surface area contributed by atoms with E-state index in [2.05, 4.69) is 18.7 Å². The summed E-state index contributed by atoms with van der Waals surface area (Å²) < 4.78 is 6.11. The zero-order valence-corrected chi connectivity index (χ0v) is 17.3. The fourth-order valence-electron chi connectivity index (χ4n) is 7.87. The Morgan fingerprint density at radius 3 is 2.75 bits per heavy atom. The molecule has 5 heteroatoms. The van der Waals surface area contributed by atoms with Crippen molar-refractivity contribution in [1.82, 2.24) is 4.90 Å². The average Bonchev–Trinajstić information content (AvgIpc) is 3.06. The van der Waals surface area contributed by atoms with Crippen LogP contribution in [0.1, 0.15) is 72.1 Å². The Kier molecular flexibility index (Phi) is 4.04. The van der Waals surface area contributed by atoms with Gasteiger partial charge >= 0.3 is 5.97 Å². The van der Waals surface area contributed by atoms with Crippen molar-refractivity contribution in [3.05, 3.63) is 11.6 Å². The lowest BCUT2D eigenvalue weighted by molar-refractivity contribution is -0.155. The van der Waals surface area contributed by atoms with E-state index in [1.165, 1.54) is 0 Å². The zero-order chi connectivity index (χ0) is 19.8. The largest absolute Gasteiger partial charge is 0.455 e. The zero-order valence-electron chi connectivity index (χ0n) is 17.3. The summed E-state index contributed by atoms with van der Waals surface area (Å²) in [6.07, 6.45) is 9.89. The summed E-state index contributed by atoms with van der Waals surface area (Å²) >= 11 is 0. The van der Waals surface area contributed by atoms with Crippen LogP contribution in [0.3, 0.4) is 0 Å². The molecule has 0 spiro atoms. The van der Waals surface area contributed by atoms with Gasteiger partial charge in [-0.1, -0.05) is 12.8 Å². The quantitative estimate of drug-likeness (QED) is 0.702. The minimum Gasteiger partial charge on any atom is -0.455 e. The van der Waals surface area contributed by atoms with Crippen LogP contribution in [0, 0.1) is 23.7 Å². The Morgan fingerprint density at radius 2 is 2.00 bits per heavy atom. The monoisotopic (exact) mass is 387 g/mol. The number of likely N-dealkylation sites (tertiary alicyclic amines) is 1. The van der Waals surface area contributed by atoms with E-state index < -0.39 is 11.2 Å². The number of ether oxygens (including phenoxy) is 1. The van der Waals surface area contributed by atoms with Gasteiger partial charge in [0, 0.05) is 36.4 Å². The number of esters is 1. The highest BCUT2D eigenvalue weighted by atomic mass is 16.6. The molecule has 5 aliphatic rings. The number of hydrogen-bond acceptors (Lipinski definition) is 4. The van der Waals surface area contributed by atoms with Gasteiger partial charge in [-0.25, -0.2) is 4.79 Å². The normalized spacial score (nSPS) is 49.9. The molecule has 0 unspecified atom stereocenters. The number of hydrogen-bond donors (Lipinski definition) is 1. The van der Waals surface area contributed by atoms with E-state index in [-0.39, 0.29) is 47.6 Å². The van der Waals surface area contributed by atoms with Gasteiger partial charge < -0.3 is 14.7 Å². The third-order valence-corrected chi connectivity index (χ3v) is 8.88. The van der Waals surface area contributed by atoms with Gasteiger partial charge in [0.25, 0.3) is 0 Å². The van der Waals surface area contributed by atoms with E-state index in [9.17, 15) is 14.7 Å². The Balaban J connectivity index is 1.57. The lowest BCUT2D eigenvalue weighted by atomic mass is 9.60. The third kappa shape index (κ3) is 2.34. The molecule has 28 heavy (non-hydrogen) atoms. The number of carbonyl (C=O) groups is 2. The van der Waals surface area contributed by atoms with E-state index in [0.717, 1.165) is 51.4 Å². The number of piperidine rings is 1. The number of nitrogens with zero attached hydrogens (tertiary/aromatic N) is 1. The Morgan fingerprint density at radius 1 is 1.21 bits per heavy atom. The molecule has 0 aromatic heterocycles. The summed E-state index contributed by atoms with van der Waals surface area (Å²) in [6, 6.07) is 0.363. The maximum Gasteiger partial charge on any atom is 0.334 e. The van der Waals surface area contributed by atoms with E-state index in [4.69, 9.17) is 4.74 Å². The average molecular weight is 388 g/mol. The van der Waals surface area contributed by atoms with Gasteiger partial charge in [0.05, 0.1) is 5.60 Å². The maximum atomic E-state index is 12.8. The van der Waals surface area contributed by atoms with Gasteiger partial charge in [0.2, 0.25) is 5.91 Å². The van der Waals surface area contributed by atoms with Crippen LogP contribution in [0.2, 0.25) is 0 Å². The number of amides is 1. The predicted octanol–water partition coefficient (Wildman–Crippen LogP) is 3.21. The van der Waals surface area contributed by atoms with E-state index in [0.29, 0.717) is 5.57 Å². The van der Waals surface area contributed by atoms with Gasteiger partial charge in [0.1, 0.15) is 5.60 Å². The molecule has 1 amide bonds. The van der Waals surface area contributed by atoms with Crippen LogP contribution in [0.5, 0.6) is 0 Å². The molecule has 1 N–H and O–H groups in total. The van der Waals surface area contributed by atoms with Crippen LogP contribution in [-0.2, 0) is 14.3 Å². The molecule has 4 fully saturated rings. The number of rotatable bonds is 1. The van der Waals surface area contributed by atoms with Gasteiger partial charge in [-0.05, 0) is 70.3 Å². The summed E-state index contributed by atoms with van der Waals surface area (Å²) in [5.74, 6) is 0.592. The Hall–Kier alpha value is -1.36. The second-order valence-electron chi connectivity index (χ2n) is 10.3. The molecule has 2 aliphatic heterocycles. The molecule has 2 saturated heterocycles. The van der Waals surface area contributed by atoms with Crippen molar-refractivity contribution in [3.63, 3.8) is 0 Å². The first kappa shape index (κ1) is 18.7. The van der Waals surface area contributed by atoms with Crippen molar-refractivity contribution >= 4 is 11.9 Å². The SMILES string of the molecule is CC(=O)N1[C@@H](C)CCC[C@H]1[C@H]1C[C@@H]2[C@H]3C(=C[C@]4(O)CCCC[C@@H]24)C(=O)O[C@@]13C. The van der Waals surface area contributed by atoms with Crippen LogP contribution in [0.15, 0.2) is 11.6 Å². The maximum absolute atomic E-state index is 12.8. The molecular weight excluding hydrogens is 354 g/mol. The lowest BCUT2D eigenvalue weighted by Crippen LogP contribution is -2.55. The molecule has 0 radical (unpaired) electrons. The second-order valence-corrected chi connectivity index (χ2v) is 10.3. The van der Waals surface area contributed by atoms with E-state index in [1.54, 1.807) is 6.92 Å². The standard InChI is InChI=1S/C23H33NO4/c1-13-7-6-9-19(24(13)14(2)25)18-11-15-17-8-4-5-10-23(17,27)12-16-20(15)22(18,3)28-21(16)26/h12-13,15,17-20,27H,4-11H2,1-3H3/t13-,15-,17-,18+,19-,20-,22-,23+/m0/s1. The van der Waals surface area contributed by atoms with Gasteiger partial charge in [-0.15, -0.1) is 0 Å². The molecule has 2 saturated carbocycles. The molecule has 8 atom stereocenters. The molecule has 0 bridgehead atoms. The minimum absolute atomic E-state index is 0.0689. The van der Waals surface area contributed by atoms with Crippen LogP contribution < -0.4 is 0 Å². The van der Waals surface area contributed by atoms with Crippen molar-refractivity contribution in [3.8, 4) is 0 Å². The summed E-state index contributed by atoms with van der Waals surface area (Å²) in [5.41, 5.74) is -0.690.